The van der Waals surface area contributed by atoms with Gasteiger partial charge < -0.3 is 5.32 Å². The number of piperidine rings is 1. The molecule has 104 valence electrons. The zero-order valence-corrected chi connectivity index (χ0v) is 11.9. The van der Waals surface area contributed by atoms with Crippen molar-refractivity contribution in [2.45, 2.75) is 38.6 Å². The van der Waals surface area contributed by atoms with Crippen LogP contribution in [-0.2, 0) is 13.0 Å². The molecule has 2 aliphatic heterocycles. The van der Waals surface area contributed by atoms with E-state index in [0.717, 1.165) is 5.92 Å². The summed E-state index contributed by atoms with van der Waals surface area (Å²) in [7, 11) is 0. The molecule has 2 saturated heterocycles. The Hall–Kier alpha value is -0.860. The molecule has 2 heterocycles. The van der Waals surface area contributed by atoms with Crippen molar-refractivity contribution < 1.29 is 0 Å². The van der Waals surface area contributed by atoms with Gasteiger partial charge >= 0.3 is 0 Å². The maximum Gasteiger partial charge on any atom is 0.0236 e. The molecule has 1 aromatic carbocycles. The minimum absolute atomic E-state index is 0.890. The fourth-order valence-electron chi connectivity index (χ4n) is 3.49. The van der Waals surface area contributed by atoms with Crippen molar-refractivity contribution in [3.8, 4) is 0 Å². The van der Waals surface area contributed by atoms with Gasteiger partial charge in [0.1, 0.15) is 0 Å². The number of benzene rings is 1. The van der Waals surface area contributed by atoms with Crippen molar-refractivity contribution in [1.29, 1.82) is 0 Å². The van der Waals surface area contributed by atoms with Crippen molar-refractivity contribution in [3.63, 3.8) is 0 Å². The normalized spacial score (nSPS) is 21.9. The third-order valence-corrected chi connectivity index (χ3v) is 4.68. The minimum Gasteiger partial charge on any atom is -0.317 e. The molecule has 1 aromatic rings. The minimum atomic E-state index is 0.890. The van der Waals surface area contributed by atoms with Gasteiger partial charge in [0.2, 0.25) is 0 Å². The van der Waals surface area contributed by atoms with Crippen LogP contribution in [0.1, 0.15) is 36.8 Å². The molecule has 0 spiro atoms. The van der Waals surface area contributed by atoms with Gasteiger partial charge in [-0.25, -0.2) is 0 Å². The Morgan fingerprint density at radius 1 is 1.00 bits per heavy atom. The fourth-order valence-corrected chi connectivity index (χ4v) is 3.49. The van der Waals surface area contributed by atoms with Gasteiger partial charge in [0.15, 0.2) is 0 Å². The molecule has 0 radical (unpaired) electrons. The number of likely N-dealkylation sites (tertiary alicyclic amines) is 1. The number of hydrogen-bond acceptors (Lipinski definition) is 2. The summed E-state index contributed by atoms with van der Waals surface area (Å²) < 4.78 is 0. The van der Waals surface area contributed by atoms with Gasteiger partial charge in [0.25, 0.3) is 0 Å². The third kappa shape index (κ3) is 3.58. The second-order valence-electron chi connectivity index (χ2n) is 6.15. The summed E-state index contributed by atoms with van der Waals surface area (Å²) in [5.41, 5.74) is 3.17. The van der Waals surface area contributed by atoms with E-state index >= 15 is 0 Å². The Morgan fingerprint density at radius 2 is 1.68 bits per heavy atom. The van der Waals surface area contributed by atoms with Crippen LogP contribution in [0, 0.1) is 5.92 Å². The fraction of sp³-hybridized carbons (Fsp3) is 0.647. The van der Waals surface area contributed by atoms with Crippen LogP contribution in [0.5, 0.6) is 0 Å². The molecule has 3 rings (SSSR count). The number of nitrogens with zero attached hydrogens (tertiary/aromatic N) is 1. The number of rotatable bonds is 4. The Bertz CT molecular complexity index is 390. The van der Waals surface area contributed by atoms with Crippen LogP contribution in [0.2, 0.25) is 0 Å². The first kappa shape index (κ1) is 13.1. The first-order valence-corrected chi connectivity index (χ1v) is 7.91. The molecule has 2 nitrogen and oxygen atoms in total. The van der Waals surface area contributed by atoms with Crippen molar-refractivity contribution in [3.05, 3.63) is 35.4 Å². The largest absolute Gasteiger partial charge is 0.317 e. The quantitative estimate of drug-likeness (QED) is 0.893. The van der Waals surface area contributed by atoms with Gasteiger partial charge in [-0.05, 0) is 75.3 Å². The van der Waals surface area contributed by atoms with E-state index in [0.29, 0.717) is 0 Å². The average Bonchev–Trinajstić information content (AvgIpc) is 2.95. The van der Waals surface area contributed by atoms with E-state index in [1.165, 1.54) is 64.8 Å². The Kier molecular flexibility index (Phi) is 4.52. The van der Waals surface area contributed by atoms with E-state index in [1.54, 1.807) is 11.1 Å². The monoisotopic (exact) mass is 258 g/mol. The molecule has 2 fully saturated rings. The van der Waals surface area contributed by atoms with Gasteiger partial charge in [-0.1, -0.05) is 24.3 Å². The number of nitrogens with one attached hydrogen (secondary N) is 1. The molecule has 1 N–H and O–H groups in total. The zero-order chi connectivity index (χ0) is 12.9. The SMILES string of the molecule is c1ccc(CN2CCCC2)c(CC2CCNCC2)c1. The summed E-state index contributed by atoms with van der Waals surface area (Å²) in [4.78, 5) is 2.61. The van der Waals surface area contributed by atoms with Gasteiger partial charge in [0.05, 0.1) is 0 Å². The highest BCUT2D eigenvalue weighted by Crippen LogP contribution is 2.22. The van der Waals surface area contributed by atoms with E-state index < -0.39 is 0 Å². The molecule has 0 aromatic heterocycles. The smallest absolute Gasteiger partial charge is 0.0236 e. The molecule has 0 aliphatic carbocycles. The Balaban J connectivity index is 1.65. The van der Waals surface area contributed by atoms with Crippen molar-refractivity contribution >= 4 is 0 Å². The molecule has 0 amide bonds. The van der Waals surface area contributed by atoms with Gasteiger partial charge in [-0.2, -0.15) is 0 Å². The maximum atomic E-state index is 3.47. The lowest BCUT2D eigenvalue weighted by Crippen LogP contribution is -2.29. The van der Waals surface area contributed by atoms with E-state index in [4.69, 9.17) is 0 Å². The van der Waals surface area contributed by atoms with Gasteiger partial charge in [0, 0.05) is 6.54 Å². The molecule has 0 unspecified atom stereocenters. The third-order valence-electron chi connectivity index (χ3n) is 4.68. The lowest BCUT2D eigenvalue weighted by atomic mass is 9.89. The summed E-state index contributed by atoms with van der Waals surface area (Å²) in [6.07, 6.45) is 6.74. The summed E-state index contributed by atoms with van der Waals surface area (Å²) in [6, 6.07) is 9.11. The lowest BCUT2D eigenvalue weighted by Gasteiger charge is -2.24. The molecular weight excluding hydrogens is 232 g/mol. The van der Waals surface area contributed by atoms with E-state index in [-0.39, 0.29) is 0 Å². The second kappa shape index (κ2) is 6.53. The molecule has 2 heteroatoms. The van der Waals surface area contributed by atoms with Crippen LogP contribution < -0.4 is 5.32 Å². The Morgan fingerprint density at radius 3 is 2.42 bits per heavy atom. The van der Waals surface area contributed by atoms with E-state index in [1.807, 2.05) is 0 Å². The van der Waals surface area contributed by atoms with Crippen LogP contribution in [0.25, 0.3) is 0 Å². The second-order valence-corrected chi connectivity index (χ2v) is 6.15. The zero-order valence-electron chi connectivity index (χ0n) is 11.9. The van der Waals surface area contributed by atoms with Crippen LogP contribution >= 0.6 is 0 Å². The average molecular weight is 258 g/mol. The first-order chi connectivity index (χ1) is 9.42. The summed E-state index contributed by atoms with van der Waals surface area (Å²) in [5.74, 6) is 0.890. The molecule has 19 heavy (non-hydrogen) atoms. The molecule has 2 aliphatic rings. The predicted molar refractivity (Wildman–Crippen MR) is 80.3 cm³/mol. The van der Waals surface area contributed by atoms with Gasteiger partial charge in [-0.15, -0.1) is 0 Å². The van der Waals surface area contributed by atoms with E-state index in [9.17, 15) is 0 Å². The topological polar surface area (TPSA) is 15.3 Å². The molecule has 0 bridgehead atoms. The maximum absolute atomic E-state index is 3.47. The number of hydrogen-bond donors (Lipinski definition) is 1. The van der Waals surface area contributed by atoms with Crippen LogP contribution in [0.3, 0.4) is 0 Å². The van der Waals surface area contributed by atoms with Gasteiger partial charge in [-0.3, -0.25) is 4.90 Å². The van der Waals surface area contributed by atoms with Crippen molar-refractivity contribution in [2.75, 3.05) is 26.2 Å². The van der Waals surface area contributed by atoms with Crippen LogP contribution in [0.15, 0.2) is 24.3 Å². The standard InChI is InChI=1S/C17H26N2/c1-2-6-17(14-19-11-3-4-12-19)16(5-1)13-15-7-9-18-10-8-15/h1-2,5-6,15,18H,3-4,7-14H2. The highest BCUT2D eigenvalue weighted by atomic mass is 15.1. The molecular formula is C17H26N2. The Labute approximate surface area is 117 Å². The van der Waals surface area contributed by atoms with Crippen LogP contribution in [-0.4, -0.2) is 31.1 Å². The highest BCUT2D eigenvalue weighted by Gasteiger charge is 2.17. The highest BCUT2D eigenvalue weighted by molar-refractivity contribution is 5.27. The summed E-state index contributed by atoms with van der Waals surface area (Å²) >= 11 is 0. The van der Waals surface area contributed by atoms with Crippen molar-refractivity contribution in [1.82, 2.24) is 10.2 Å². The first-order valence-electron chi connectivity index (χ1n) is 7.91. The van der Waals surface area contributed by atoms with Crippen molar-refractivity contribution in [2.24, 2.45) is 5.92 Å². The molecule has 0 saturated carbocycles. The van der Waals surface area contributed by atoms with Crippen LogP contribution in [0.4, 0.5) is 0 Å². The summed E-state index contributed by atoms with van der Waals surface area (Å²) in [5, 5.41) is 3.47. The summed E-state index contributed by atoms with van der Waals surface area (Å²) in [6.45, 7) is 6.17. The molecule has 0 atom stereocenters. The lowest BCUT2D eigenvalue weighted by molar-refractivity contribution is 0.327. The van der Waals surface area contributed by atoms with E-state index in [2.05, 4.69) is 34.5 Å². The predicted octanol–water partition coefficient (Wildman–Crippen LogP) is 2.82.